The third kappa shape index (κ3) is 4.11. The molecule has 0 aliphatic carbocycles. The van der Waals surface area contributed by atoms with Crippen molar-refractivity contribution in [3.05, 3.63) is 28.8 Å². The summed E-state index contributed by atoms with van der Waals surface area (Å²) >= 11 is 0. The van der Waals surface area contributed by atoms with Crippen molar-refractivity contribution < 1.29 is 23.6 Å². The fourth-order valence-electron chi connectivity index (χ4n) is 2.94. The van der Waals surface area contributed by atoms with Gasteiger partial charge in [-0.15, -0.1) is 0 Å². The van der Waals surface area contributed by atoms with Crippen molar-refractivity contribution in [2.45, 2.75) is 39.0 Å². The topological polar surface area (TPSA) is 121 Å². The monoisotopic (exact) mass is 377 g/mol. The number of ether oxygens (including phenoxy) is 2. The minimum Gasteiger partial charge on any atom is -0.479 e. The van der Waals surface area contributed by atoms with E-state index in [-0.39, 0.29) is 42.8 Å². The molecule has 0 aromatic carbocycles. The first-order valence-corrected chi connectivity index (χ1v) is 8.65. The van der Waals surface area contributed by atoms with E-state index >= 15 is 0 Å². The number of aryl methyl sites for hydroxylation is 1. The highest BCUT2D eigenvalue weighted by molar-refractivity contribution is 5.94. The summed E-state index contributed by atoms with van der Waals surface area (Å²) in [5, 5.41) is 13.6. The lowest BCUT2D eigenvalue weighted by Crippen LogP contribution is -2.37. The van der Waals surface area contributed by atoms with Gasteiger partial charge in [0.25, 0.3) is 17.7 Å². The van der Waals surface area contributed by atoms with E-state index in [9.17, 15) is 9.59 Å². The zero-order valence-corrected chi connectivity index (χ0v) is 15.7. The molecule has 2 aromatic heterocycles. The van der Waals surface area contributed by atoms with Gasteiger partial charge in [-0.2, -0.15) is 5.10 Å². The second-order valence-corrected chi connectivity index (χ2v) is 6.61. The van der Waals surface area contributed by atoms with Gasteiger partial charge in [0.15, 0.2) is 0 Å². The van der Waals surface area contributed by atoms with Crippen LogP contribution in [0.4, 0.5) is 0 Å². The van der Waals surface area contributed by atoms with E-state index in [1.165, 1.54) is 13.2 Å². The van der Waals surface area contributed by atoms with Crippen LogP contribution in [0.3, 0.4) is 0 Å². The highest BCUT2D eigenvalue weighted by atomic mass is 16.5. The molecule has 146 valence electrons. The summed E-state index contributed by atoms with van der Waals surface area (Å²) in [6.07, 6.45) is 0.199. The number of aromatic nitrogens is 3. The van der Waals surface area contributed by atoms with E-state index in [2.05, 4.69) is 20.9 Å². The van der Waals surface area contributed by atoms with E-state index in [1.807, 2.05) is 13.8 Å². The Kier molecular flexibility index (Phi) is 5.45. The molecule has 1 atom stereocenters. The van der Waals surface area contributed by atoms with E-state index in [0.29, 0.717) is 12.1 Å². The molecule has 0 radical (unpaired) electrons. The van der Waals surface area contributed by atoms with Gasteiger partial charge in [0, 0.05) is 31.6 Å². The van der Waals surface area contributed by atoms with Crippen molar-refractivity contribution in [1.29, 1.82) is 0 Å². The summed E-state index contributed by atoms with van der Waals surface area (Å²) in [5.74, 6) is -0.291. The van der Waals surface area contributed by atoms with Crippen LogP contribution < -0.4 is 15.4 Å². The van der Waals surface area contributed by atoms with Crippen LogP contribution in [0.1, 0.15) is 46.1 Å². The van der Waals surface area contributed by atoms with Gasteiger partial charge in [0.05, 0.1) is 31.6 Å². The van der Waals surface area contributed by atoms with Gasteiger partial charge < -0.3 is 24.6 Å². The van der Waals surface area contributed by atoms with Crippen molar-refractivity contribution >= 4 is 11.8 Å². The molecule has 3 heterocycles. The Morgan fingerprint density at radius 1 is 1.41 bits per heavy atom. The minimum atomic E-state index is -0.413. The first-order valence-electron chi connectivity index (χ1n) is 8.65. The lowest BCUT2D eigenvalue weighted by molar-refractivity contribution is 0.0262. The van der Waals surface area contributed by atoms with Crippen molar-refractivity contribution in [2.75, 3.05) is 13.7 Å². The Balaban J connectivity index is 1.65. The number of methoxy groups -OCH3 is 1. The number of hydrogen-bond acceptors (Lipinski definition) is 7. The predicted octanol–water partition coefficient (Wildman–Crippen LogP) is 0.426. The third-order valence-electron chi connectivity index (χ3n) is 4.16. The zero-order valence-electron chi connectivity index (χ0n) is 15.7. The van der Waals surface area contributed by atoms with Crippen LogP contribution in [0, 0.1) is 0 Å². The average Bonchev–Trinajstić information content (AvgIpc) is 3.22. The van der Waals surface area contributed by atoms with Crippen LogP contribution >= 0.6 is 0 Å². The van der Waals surface area contributed by atoms with E-state index < -0.39 is 5.91 Å². The predicted molar refractivity (Wildman–Crippen MR) is 93.5 cm³/mol. The Morgan fingerprint density at radius 2 is 2.19 bits per heavy atom. The summed E-state index contributed by atoms with van der Waals surface area (Å²) < 4.78 is 17.1. The smallest absolute Gasteiger partial charge is 0.290 e. The summed E-state index contributed by atoms with van der Waals surface area (Å²) in [6.45, 7) is 4.36. The number of nitrogens with one attached hydrogen (secondary N) is 2. The Bertz CT molecular complexity index is 841. The van der Waals surface area contributed by atoms with Crippen molar-refractivity contribution in [3.8, 4) is 5.88 Å². The van der Waals surface area contributed by atoms with Gasteiger partial charge in [-0.05, 0) is 19.0 Å². The average molecular weight is 377 g/mol. The molecule has 0 spiro atoms. The largest absolute Gasteiger partial charge is 0.479 e. The van der Waals surface area contributed by atoms with Gasteiger partial charge in [-0.25, -0.2) is 0 Å². The second-order valence-electron chi connectivity index (χ2n) is 6.61. The molecular formula is C17H23N5O5. The summed E-state index contributed by atoms with van der Waals surface area (Å²) in [7, 11) is 3.18. The number of nitrogens with zero attached hydrogens (tertiary/aromatic N) is 3. The summed E-state index contributed by atoms with van der Waals surface area (Å²) in [5.41, 5.74) is 2.12. The van der Waals surface area contributed by atoms with Crippen LogP contribution in [-0.4, -0.2) is 52.6 Å². The SMILES string of the molecule is COc1cc(C(=O)NCC2Cc3c(nn(C)c3C(=O)NC(C)C)CO2)on1. The van der Waals surface area contributed by atoms with Crippen LogP contribution in [0.2, 0.25) is 0 Å². The van der Waals surface area contributed by atoms with Gasteiger partial charge in [-0.3, -0.25) is 14.3 Å². The van der Waals surface area contributed by atoms with E-state index in [0.717, 1.165) is 11.3 Å². The maximum atomic E-state index is 12.5. The van der Waals surface area contributed by atoms with Crippen molar-refractivity contribution in [2.24, 2.45) is 7.05 Å². The Labute approximate surface area is 156 Å². The fourth-order valence-corrected chi connectivity index (χ4v) is 2.94. The van der Waals surface area contributed by atoms with Gasteiger partial charge in [-0.1, -0.05) is 0 Å². The highest BCUT2D eigenvalue weighted by Gasteiger charge is 2.29. The first kappa shape index (κ1) is 18.9. The molecule has 0 saturated heterocycles. The number of hydrogen-bond donors (Lipinski definition) is 2. The van der Waals surface area contributed by atoms with Gasteiger partial charge in [0.1, 0.15) is 5.69 Å². The maximum absolute atomic E-state index is 12.5. The molecule has 2 amide bonds. The molecule has 10 heteroatoms. The first-order chi connectivity index (χ1) is 12.9. The van der Waals surface area contributed by atoms with Crippen LogP contribution in [0.5, 0.6) is 5.88 Å². The molecule has 1 unspecified atom stereocenters. The molecule has 27 heavy (non-hydrogen) atoms. The standard InChI is InChI=1S/C17H23N5O5/c1-9(2)19-17(24)15-11-5-10(26-8-12(11)20-22(15)3)7-18-16(23)13-6-14(25-4)21-27-13/h6,9-10H,5,7-8H2,1-4H3,(H,18,23)(H,19,24). The van der Waals surface area contributed by atoms with E-state index in [4.69, 9.17) is 14.0 Å². The Hall–Kier alpha value is -2.88. The maximum Gasteiger partial charge on any atom is 0.290 e. The molecule has 0 fully saturated rings. The normalized spacial score (nSPS) is 16.1. The Morgan fingerprint density at radius 3 is 2.85 bits per heavy atom. The molecule has 2 aromatic rings. The minimum absolute atomic E-state index is 0.0249. The molecule has 10 nitrogen and oxygen atoms in total. The molecule has 2 N–H and O–H groups in total. The fraction of sp³-hybridized carbons (Fsp3) is 0.529. The molecule has 1 aliphatic rings. The summed E-state index contributed by atoms with van der Waals surface area (Å²) in [6, 6.07) is 1.43. The lowest BCUT2D eigenvalue weighted by atomic mass is 10.0. The molecule has 1 aliphatic heterocycles. The number of carbonyl (C=O) groups excluding carboxylic acids is 2. The van der Waals surface area contributed by atoms with Crippen LogP contribution in [0.25, 0.3) is 0 Å². The zero-order chi connectivity index (χ0) is 19.6. The number of fused-ring (bicyclic) bond motifs is 1. The molecule has 0 bridgehead atoms. The molecule has 0 saturated carbocycles. The number of rotatable bonds is 6. The quantitative estimate of drug-likeness (QED) is 0.749. The molecular weight excluding hydrogens is 354 g/mol. The molecule has 3 rings (SSSR count). The third-order valence-corrected chi connectivity index (χ3v) is 4.16. The number of carbonyl (C=O) groups is 2. The van der Waals surface area contributed by atoms with Crippen molar-refractivity contribution in [1.82, 2.24) is 25.6 Å². The van der Waals surface area contributed by atoms with Gasteiger partial charge >= 0.3 is 0 Å². The van der Waals surface area contributed by atoms with E-state index in [1.54, 1.807) is 11.7 Å². The lowest BCUT2D eigenvalue weighted by Gasteiger charge is -2.23. The van der Waals surface area contributed by atoms with Crippen LogP contribution in [0.15, 0.2) is 10.6 Å². The summed E-state index contributed by atoms with van der Waals surface area (Å²) in [4.78, 5) is 24.6. The van der Waals surface area contributed by atoms with Crippen LogP contribution in [-0.2, 0) is 24.8 Å². The second kappa shape index (κ2) is 7.78. The number of amides is 2. The highest BCUT2D eigenvalue weighted by Crippen LogP contribution is 2.23. The van der Waals surface area contributed by atoms with Crippen molar-refractivity contribution in [3.63, 3.8) is 0 Å². The van der Waals surface area contributed by atoms with Gasteiger partial charge in [0.2, 0.25) is 5.76 Å².